The monoisotopic (exact) mass is 302 g/mol. The Bertz CT molecular complexity index is 988. The summed E-state index contributed by atoms with van der Waals surface area (Å²) in [7, 11) is 0. The van der Waals surface area contributed by atoms with Gasteiger partial charge in [-0.3, -0.25) is 4.98 Å². The van der Waals surface area contributed by atoms with E-state index in [1.807, 2.05) is 30.3 Å². The van der Waals surface area contributed by atoms with Gasteiger partial charge in [-0.25, -0.2) is 0 Å². The number of fused-ring (bicyclic) bond motifs is 1. The number of H-pyrrole nitrogens is 1. The topological polar surface area (TPSA) is 69.1 Å². The van der Waals surface area contributed by atoms with Gasteiger partial charge in [-0.2, -0.15) is 0 Å². The number of phenolic OH excluding ortho intramolecular Hbond substituents is 2. The van der Waals surface area contributed by atoms with E-state index < -0.39 is 0 Å². The molecule has 0 spiro atoms. The van der Waals surface area contributed by atoms with Crippen molar-refractivity contribution in [2.24, 2.45) is 0 Å². The highest BCUT2D eigenvalue weighted by molar-refractivity contribution is 5.87. The minimum atomic E-state index is 0.244. The number of aromatic nitrogens is 2. The molecule has 2 aromatic heterocycles. The molecule has 0 fully saturated rings. The van der Waals surface area contributed by atoms with Crippen LogP contribution in [0.25, 0.3) is 33.3 Å². The molecule has 4 nitrogen and oxygen atoms in total. The zero-order valence-electron chi connectivity index (χ0n) is 12.2. The van der Waals surface area contributed by atoms with E-state index >= 15 is 0 Å². The number of hydrogen-bond acceptors (Lipinski definition) is 3. The highest BCUT2D eigenvalue weighted by atomic mass is 16.3. The van der Waals surface area contributed by atoms with Crippen LogP contribution in [0.1, 0.15) is 0 Å². The van der Waals surface area contributed by atoms with Crippen molar-refractivity contribution in [2.45, 2.75) is 0 Å². The average Bonchev–Trinajstić information content (AvgIpc) is 2.99. The highest BCUT2D eigenvalue weighted by Gasteiger charge is 2.06. The van der Waals surface area contributed by atoms with Crippen LogP contribution in [0.2, 0.25) is 0 Å². The van der Waals surface area contributed by atoms with Crippen LogP contribution in [0.5, 0.6) is 11.5 Å². The van der Waals surface area contributed by atoms with E-state index in [0.29, 0.717) is 0 Å². The number of rotatable bonds is 2. The van der Waals surface area contributed by atoms with Gasteiger partial charge >= 0.3 is 0 Å². The molecule has 23 heavy (non-hydrogen) atoms. The van der Waals surface area contributed by atoms with Crippen molar-refractivity contribution in [3.05, 3.63) is 67.0 Å². The number of nitrogens with zero attached hydrogens (tertiary/aromatic N) is 1. The third-order valence-electron chi connectivity index (χ3n) is 3.85. The predicted octanol–water partition coefficient (Wildman–Crippen LogP) is 4.31. The maximum Gasteiger partial charge on any atom is 0.116 e. The molecule has 0 saturated heterocycles. The summed E-state index contributed by atoms with van der Waals surface area (Å²) in [6, 6.07) is 16.3. The van der Waals surface area contributed by atoms with Crippen LogP contribution in [-0.4, -0.2) is 20.2 Å². The van der Waals surface area contributed by atoms with Gasteiger partial charge in [0.15, 0.2) is 0 Å². The molecule has 0 saturated carbocycles. The molecule has 112 valence electrons. The molecule has 0 atom stereocenters. The zero-order chi connectivity index (χ0) is 15.8. The molecule has 0 aliphatic heterocycles. The molecular formula is C19H14N2O2. The molecular weight excluding hydrogens is 288 g/mol. The molecule has 0 aliphatic carbocycles. The standard InChI is InChI=1S/C19H14N2O2/c22-16-3-1-12(2-4-16)14-7-15(11-20-10-14)19-9-13-8-17(23)5-6-18(13)21-19/h1-11,21-23H. The Morgan fingerprint density at radius 1 is 0.696 bits per heavy atom. The maximum atomic E-state index is 9.58. The van der Waals surface area contributed by atoms with Crippen molar-refractivity contribution in [3.8, 4) is 33.9 Å². The maximum absolute atomic E-state index is 9.58. The van der Waals surface area contributed by atoms with Gasteiger partial charge in [0.05, 0.1) is 0 Å². The number of nitrogens with one attached hydrogen (secondary N) is 1. The second-order valence-electron chi connectivity index (χ2n) is 5.46. The molecule has 0 aliphatic rings. The number of pyridine rings is 1. The lowest BCUT2D eigenvalue weighted by atomic mass is 10.0. The van der Waals surface area contributed by atoms with Gasteiger partial charge in [-0.05, 0) is 48.0 Å². The number of phenols is 2. The van der Waals surface area contributed by atoms with Gasteiger partial charge in [-0.15, -0.1) is 0 Å². The van der Waals surface area contributed by atoms with Crippen LogP contribution in [0.15, 0.2) is 67.0 Å². The van der Waals surface area contributed by atoms with Gasteiger partial charge in [0, 0.05) is 40.1 Å². The molecule has 0 unspecified atom stereocenters. The van der Waals surface area contributed by atoms with E-state index in [1.54, 1.807) is 36.7 Å². The van der Waals surface area contributed by atoms with Crippen LogP contribution < -0.4 is 0 Å². The molecule has 2 heterocycles. The molecule has 3 N–H and O–H groups in total. The van der Waals surface area contributed by atoms with E-state index in [1.165, 1.54) is 0 Å². The van der Waals surface area contributed by atoms with Crippen molar-refractivity contribution >= 4 is 10.9 Å². The highest BCUT2D eigenvalue weighted by Crippen LogP contribution is 2.29. The number of aromatic hydroxyl groups is 2. The smallest absolute Gasteiger partial charge is 0.116 e. The minimum absolute atomic E-state index is 0.244. The number of aromatic amines is 1. The van der Waals surface area contributed by atoms with Crippen LogP contribution in [-0.2, 0) is 0 Å². The Kier molecular flexibility index (Phi) is 3.01. The van der Waals surface area contributed by atoms with Gasteiger partial charge in [-0.1, -0.05) is 12.1 Å². The fraction of sp³-hybridized carbons (Fsp3) is 0. The summed E-state index contributed by atoms with van der Waals surface area (Å²) >= 11 is 0. The summed E-state index contributed by atoms with van der Waals surface area (Å²) in [6.45, 7) is 0. The predicted molar refractivity (Wildman–Crippen MR) is 90.3 cm³/mol. The first-order valence-corrected chi connectivity index (χ1v) is 7.26. The first-order chi connectivity index (χ1) is 11.2. The Balaban J connectivity index is 1.79. The molecule has 0 amide bonds. The first-order valence-electron chi connectivity index (χ1n) is 7.26. The Hall–Kier alpha value is -3.27. The summed E-state index contributed by atoms with van der Waals surface area (Å²) in [5.74, 6) is 0.493. The van der Waals surface area contributed by atoms with Gasteiger partial charge in [0.1, 0.15) is 11.5 Å². The largest absolute Gasteiger partial charge is 0.508 e. The van der Waals surface area contributed by atoms with Crippen molar-refractivity contribution in [3.63, 3.8) is 0 Å². The lowest BCUT2D eigenvalue weighted by Crippen LogP contribution is -1.84. The van der Waals surface area contributed by atoms with Gasteiger partial charge in [0.25, 0.3) is 0 Å². The molecule has 4 heteroatoms. The van der Waals surface area contributed by atoms with E-state index in [4.69, 9.17) is 0 Å². The second-order valence-corrected chi connectivity index (χ2v) is 5.46. The first kappa shape index (κ1) is 13.4. The van der Waals surface area contributed by atoms with E-state index in [2.05, 4.69) is 9.97 Å². The quantitative estimate of drug-likeness (QED) is 0.517. The van der Waals surface area contributed by atoms with E-state index in [9.17, 15) is 10.2 Å². The normalized spacial score (nSPS) is 11.0. The Morgan fingerprint density at radius 3 is 2.26 bits per heavy atom. The van der Waals surface area contributed by atoms with E-state index in [-0.39, 0.29) is 11.5 Å². The van der Waals surface area contributed by atoms with Gasteiger partial charge in [0.2, 0.25) is 0 Å². The fourth-order valence-electron chi connectivity index (χ4n) is 2.67. The minimum Gasteiger partial charge on any atom is -0.508 e. The summed E-state index contributed by atoms with van der Waals surface area (Å²) < 4.78 is 0. The van der Waals surface area contributed by atoms with Crippen LogP contribution in [0.4, 0.5) is 0 Å². The Labute approximate surface area is 132 Å². The van der Waals surface area contributed by atoms with E-state index in [0.717, 1.165) is 33.3 Å². The lowest BCUT2D eigenvalue weighted by Gasteiger charge is -2.04. The summed E-state index contributed by atoms with van der Waals surface area (Å²) in [6.07, 6.45) is 3.60. The van der Waals surface area contributed by atoms with Gasteiger partial charge < -0.3 is 15.2 Å². The molecule has 2 aromatic carbocycles. The molecule has 0 radical (unpaired) electrons. The van der Waals surface area contributed by atoms with Crippen LogP contribution in [0, 0.1) is 0 Å². The van der Waals surface area contributed by atoms with Crippen molar-refractivity contribution in [1.82, 2.24) is 9.97 Å². The number of hydrogen-bond donors (Lipinski definition) is 3. The molecule has 0 bridgehead atoms. The summed E-state index contributed by atoms with van der Waals surface area (Å²) in [4.78, 5) is 7.65. The Morgan fingerprint density at radius 2 is 1.43 bits per heavy atom. The zero-order valence-corrected chi connectivity index (χ0v) is 12.2. The average molecular weight is 302 g/mol. The van der Waals surface area contributed by atoms with Crippen molar-refractivity contribution in [1.29, 1.82) is 0 Å². The second kappa shape index (κ2) is 5.18. The van der Waals surface area contributed by atoms with Crippen LogP contribution >= 0.6 is 0 Å². The van der Waals surface area contributed by atoms with Crippen molar-refractivity contribution in [2.75, 3.05) is 0 Å². The summed E-state index contributed by atoms with van der Waals surface area (Å²) in [5.41, 5.74) is 4.84. The third kappa shape index (κ3) is 2.51. The van der Waals surface area contributed by atoms with Crippen molar-refractivity contribution < 1.29 is 10.2 Å². The molecule has 4 aromatic rings. The summed E-state index contributed by atoms with van der Waals surface area (Å²) in [5, 5.41) is 19.9. The lowest BCUT2D eigenvalue weighted by molar-refractivity contribution is 0.475. The third-order valence-corrected chi connectivity index (χ3v) is 3.85. The SMILES string of the molecule is Oc1ccc(-c2cncc(-c3cc4cc(O)ccc4[nH]3)c2)cc1. The number of benzene rings is 2. The molecule has 4 rings (SSSR count). The fourth-order valence-corrected chi connectivity index (χ4v) is 2.67. The van der Waals surface area contributed by atoms with Crippen LogP contribution in [0.3, 0.4) is 0 Å².